The van der Waals surface area contributed by atoms with Crippen LogP contribution in [0.1, 0.15) is 25.7 Å². The van der Waals surface area contributed by atoms with Crippen molar-refractivity contribution < 1.29 is 13.5 Å². The minimum atomic E-state index is -2.43. The molecule has 0 aromatic heterocycles. The molecular weight excluding hydrogens is 188 g/mol. The van der Waals surface area contributed by atoms with Crippen LogP contribution in [0.3, 0.4) is 0 Å². The van der Waals surface area contributed by atoms with Crippen molar-refractivity contribution in [2.24, 2.45) is 5.92 Å². The number of rotatable bonds is 4. The van der Waals surface area contributed by atoms with E-state index in [9.17, 15) is 8.78 Å². The van der Waals surface area contributed by atoms with Crippen LogP contribution in [-0.2, 0) is 4.74 Å². The summed E-state index contributed by atoms with van der Waals surface area (Å²) in [7, 11) is 3.50. The number of ether oxygens (including phenoxy) is 1. The van der Waals surface area contributed by atoms with Crippen molar-refractivity contribution in [2.75, 3.05) is 20.8 Å². The van der Waals surface area contributed by atoms with Crippen molar-refractivity contribution in [3.05, 3.63) is 0 Å². The van der Waals surface area contributed by atoms with Crippen LogP contribution in [0.2, 0.25) is 0 Å². The van der Waals surface area contributed by atoms with Gasteiger partial charge in [-0.25, -0.2) is 8.78 Å². The van der Waals surface area contributed by atoms with Gasteiger partial charge in [-0.15, -0.1) is 0 Å². The van der Waals surface area contributed by atoms with E-state index in [4.69, 9.17) is 4.74 Å². The van der Waals surface area contributed by atoms with Gasteiger partial charge in [-0.2, -0.15) is 0 Å². The monoisotopic (exact) mass is 207 g/mol. The highest BCUT2D eigenvalue weighted by Crippen LogP contribution is 2.37. The summed E-state index contributed by atoms with van der Waals surface area (Å²) in [6.07, 6.45) is 1.25. The highest BCUT2D eigenvalue weighted by Gasteiger charge is 2.37. The molecule has 1 saturated carbocycles. The van der Waals surface area contributed by atoms with Gasteiger partial charge in [0, 0.05) is 26.0 Å². The molecule has 1 atom stereocenters. The van der Waals surface area contributed by atoms with Gasteiger partial charge in [0.05, 0.1) is 6.61 Å². The Bertz CT molecular complexity index is 166. The van der Waals surface area contributed by atoms with Gasteiger partial charge >= 0.3 is 0 Å². The maximum atomic E-state index is 12.9. The van der Waals surface area contributed by atoms with Crippen molar-refractivity contribution in [1.82, 2.24) is 5.32 Å². The SMILES string of the molecule is CNC(COC)C1CCC(F)(F)CC1. The molecule has 4 heteroatoms. The van der Waals surface area contributed by atoms with E-state index in [1.54, 1.807) is 7.11 Å². The second-order valence-electron chi connectivity index (χ2n) is 4.04. The first-order chi connectivity index (χ1) is 6.59. The lowest BCUT2D eigenvalue weighted by Gasteiger charge is -2.33. The third-order valence-corrected chi connectivity index (χ3v) is 3.05. The summed E-state index contributed by atoms with van der Waals surface area (Å²) in [6.45, 7) is 0.604. The lowest BCUT2D eigenvalue weighted by molar-refractivity contribution is -0.0521. The molecule has 0 radical (unpaired) electrons. The maximum absolute atomic E-state index is 12.9. The summed E-state index contributed by atoms with van der Waals surface area (Å²) < 4.78 is 30.8. The van der Waals surface area contributed by atoms with E-state index < -0.39 is 5.92 Å². The molecule has 0 aromatic carbocycles. The lowest BCUT2D eigenvalue weighted by Crippen LogP contribution is -2.41. The highest BCUT2D eigenvalue weighted by atomic mass is 19.3. The first-order valence-corrected chi connectivity index (χ1v) is 5.13. The van der Waals surface area contributed by atoms with Gasteiger partial charge in [-0.05, 0) is 25.8 Å². The predicted molar refractivity (Wildman–Crippen MR) is 51.6 cm³/mol. The van der Waals surface area contributed by atoms with Gasteiger partial charge in [0.1, 0.15) is 0 Å². The first kappa shape index (κ1) is 11.9. The highest BCUT2D eigenvalue weighted by molar-refractivity contribution is 4.84. The number of nitrogens with one attached hydrogen (secondary N) is 1. The molecule has 84 valence electrons. The fourth-order valence-corrected chi connectivity index (χ4v) is 2.10. The molecule has 0 amide bonds. The normalized spacial score (nSPS) is 24.9. The summed E-state index contributed by atoms with van der Waals surface area (Å²) >= 11 is 0. The molecule has 0 heterocycles. The number of methoxy groups -OCH3 is 1. The van der Waals surface area contributed by atoms with Crippen molar-refractivity contribution >= 4 is 0 Å². The summed E-state index contributed by atoms with van der Waals surface area (Å²) in [5.74, 6) is -2.10. The van der Waals surface area contributed by atoms with Gasteiger partial charge < -0.3 is 10.1 Å². The molecule has 1 aliphatic rings. The number of halogens is 2. The van der Waals surface area contributed by atoms with Gasteiger partial charge in [0.2, 0.25) is 5.92 Å². The Labute approximate surface area is 84.0 Å². The maximum Gasteiger partial charge on any atom is 0.248 e. The van der Waals surface area contributed by atoms with Gasteiger partial charge in [0.15, 0.2) is 0 Å². The first-order valence-electron chi connectivity index (χ1n) is 5.13. The smallest absolute Gasteiger partial charge is 0.248 e. The largest absolute Gasteiger partial charge is 0.383 e. The van der Waals surface area contributed by atoms with Crippen molar-refractivity contribution in [2.45, 2.75) is 37.6 Å². The predicted octanol–water partition coefficient (Wildman–Crippen LogP) is 2.05. The minimum Gasteiger partial charge on any atom is -0.383 e. The van der Waals surface area contributed by atoms with Crippen LogP contribution in [0.25, 0.3) is 0 Å². The number of hydrogen-bond acceptors (Lipinski definition) is 2. The Morgan fingerprint density at radius 1 is 1.43 bits per heavy atom. The minimum absolute atomic E-state index is 0.0273. The van der Waals surface area contributed by atoms with Crippen LogP contribution in [0, 0.1) is 5.92 Å². The molecule has 0 aliphatic heterocycles. The van der Waals surface area contributed by atoms with Crippen LogP contribution >= 0.6 is 0 Å². The summed E-state index contributed by atoms with van der Waals surface area (Å²) in [5.41, 5.74) is 0. The van der Waals surface area contributed by atoms with E-state index in [1.807, 2.05) is 7.05 Å². The number of alkyl halides is 2. The van der Waals surface area contributed by atoms with Crippen LogP contribution < -0.4 is 5.32 Å². The van der Waals surface area contributed by atoms with E-state index in [2.05, 4.69) is 5.32 Å². The molecule has 1 fully saturated rings. The quantitative estimate of drug-likeness (QED) is 0.761. The topological polar surface area (TPSA) is 21.3 Å². The fourth-order valence-electron chi connectivity index (χ4n) is 2.10. The van der Waals surface area contributed by atoms with E-state index in [-0.39, 0.29) is 18.9 Å². The van der Waals surface area contributed by atoms with Crippen LogP contribution in [0.5, 0.6) is 0 Å². The standard InChI is InChI=1S/C10H19F2NO/c1-13-9(7-14-2)8-3-5-10(11,12)6-4-8/h8-9,13H,3-7H2,1-2H3. The molecule has 0 aromatic rings. The van der Waals surface area contributed by atoms with Crippen molar-refractivity contribution in [3.63, 3.8) is 0 Å². The average Bonchev–Trinajstić information content (AvgIpc) is 2.15. The van der Waals surface area contributed by atoms with Gasteiger partial charge in [-0.3, -0.25) is 0 Å². The zero-order chi connectivity index (χ0) is 10.6. The molecule has 1 aliphatic carbocycles. The molecule has 1 unspecified atom stereocenters. The number of likely N-dealkylation sites (N-methyl/N-ethyl adjacent to an activating group) is 1. The van der Waals surface area contributed by atoms with Crippen molar-refractivity contribution in [3.8, 4) is 0 Å². The van der Waals surface area contributed by atoms with Crippen LogP contribution in [-0.4, -0.2) is 32.7 Å². The fraction of sp³-hybridized carbons (Fsp3) is 1.00. The summed E-state index contributed by atoms with van der Waals surface area (Å²) in [5, 5.41) is 3.13. The van der Waals surface area contributed by atoms with E-state index in [0.29, 0.717) is 25.4 Å². The Hall–Kier alpha value is -0.220. The molecule has 0 bridgehead atoms. The summed E-state index contributed by atoms with van der Waals surface area (Å²) in [4.78, 5) is 0. The number of hydrogen-bond donors (Lipinski definition) is 1. The van der Waals surface area contributed by atoms with Gasteiger partial charge in [0.25, 0.3) is 0 Å². The molecule has 1 N–H and O–H groups in total. The molecule has 0 saturated heterocycles. The van der Waals surface area contributed by atoms with E-state index >= 15 is 0 Å². The molecule has 0 spiro atoms. The molecule has 2 nitrogen and oxygen atoms in total. The van der Waals surface area contributed by atoms with E-state index in [0.717, 1.165) is 0 Å². The van der Waals surface area contributed by atoms with Crippen molar-refractivity contribution in [1.29, 1.82) is 0 Å². The van der Waals surface area contributed by atoms with E-state index in [1.165, 1.54) is 0 Å². The molecule has 1 rings (SSSR count). The Morgan fingerprint density at radius 3 is 2.43 bits per heavy atom. The zero-order valence-corrected chi connectivity index (χ0v) is 8.85. The third kappa shape index (κ3) is 3.17. The summed E-state index contributed by atoms with van der Waals surface area (Å²) in [6, 6.07) is 0.219. The molecular formula is C10H19F2NO. The Morgan fingerprint density at radius 2 is 2.00 bits per heavy atom. The van der Waals surface area contributed by atoms with Crippen LogP contribution in [0.4, 0.5) is 8.78 Å². The van der Waals surface area contributed by atoms with Crippen LogP contribution in [0.15, 0.2) is 0 Å². The molecule has 14 heavy (non-hydrogen) atoms. The Kier molecular flexibility index (Phi) is 4.26. The third-order valence-electron chi connectivity index (χ3n) is 3.05. The lowest BCUT2D eigenvalue weighted by atomic mass is 9.82. The second-order valence-corrected chi connectivity index (χ2v) is 4.04. The average molecular weight is 207 g/mol. The zero-order valence-electron chi connectivity index (χ0n) is 8.85. The van der Waals surface area contributed by atoms with Gasteiger partial charge in [-0.1, -0.05) is 0 Å². The second kappa shape index (κ2) is 5.03. The Balaban J connectivity index is 2.39.